The predicted octanol–water partition coefficient (Wildman–Crippen LogP) is 2.01. The number of hydrogen-bond donors (Lipinski definition) is 1. The SMILES string of the molecule is CCCc1nc(N)cc(Sc2ncns2)n1. The number of hydrogen-bond acceptors (Lipinski definition) is 7. The van der Waals surface area contributed by atoms with Gasteiger partial charge in [-0.05, 0) is 29.7 Å². The molecular weight excluding hydrogens is 242 g/mol. The second-order valence-electron chi connectivity index (χ2n) is 3.11. The van der Waals surface area contributed by atoms with Crippen molar-refractivity contribution in [1.29, 1.82) is 0 Å². The smallest absolute Gasteiger partial charge is 0.175 e. The van der Waals surface area contributed by atoms with Gasteiger partial charge < -0.3 is 5.73 Å². The van der Waals surface area contributed by atoms with Crippen molar-refractivity contribution in [2.24, 2.45) is 0 Å². The molecule has 0 unspecified atom stereocenters. The Labute approximate surface area is 102 Å². The standard InChI is InChI=1S/C9H11N5S2/c1-2-3-7-13-6(10)4-8(14-7)15-9-11-5-12-16-9/h4-5H,2-3H2,1H3,(H2,10,13,14). The van der Waals surface area contributed by atoms with E-state index in [-0.39, 0.29) is 0 Å². The number of nitrogens with two attached hydrogens (primary N) is 1. The summed E-state index contributed by atoms with van der Waals surface area (Å²) in [7, 11) is 0. The average molecular weight is 253 g/mol. The third-order valence-corrected chi connectivity index (χ3v) is 3.41. The molecule has 0 aromatic carbocycles. The van der Waals surface area contributed by atoms with Gasteiger partial charge in [-0.2, -0.15) is 4.37 Å². The van der Waals surface area contributed by atoms with E-state index in [1.54, 1.807) is 6.07 Å². The van der Waals surface area contributed by atoms with Crippen LogP contribution in [-0.4, -0.2) is 19.3 Å². The normalized spacial score (nSPS) is 10.6. The van der Waals surface area contributed by atoms with Gasteiger partial charge in [-0.3, -0.25) is 0 Å². The predicted molar refractivity (Wildman–Crippen MR) is 64.5 cm³/mol. The van der Waals surface area contributed by atoms with E-state index in [0.717, 1.165) is 28.0 Å². The van der Waals surface area contributed by atoms with E-state index in [0.29, 0.717) is 5.82 Å². The number of nitrogens with zero attached hydrogens (tertiary/aromatic N) is 4. The van der Waals surface area contributed by atoms with Gasteiger partial charge in [0.15, 0.2) is 4.34 Å². The van der Waals surface area contributed by atoms with Crippen molar-refractivity contribution < 1.29 is 0 Å². The topological polar surface area (TPSA) is 77.6 Å². The number of rotatable bonds is 4. The third-order valence-electron chi connectivity index (χ3n) is 1.78. The van der Waals surface area contributed by atoms with Crippen molar-refractivity contribution in [2.45, 2.75) is 29.1 Å². The zero-order valence-corrected chi connectivity index (χ0v) is 10.4. The minimum atomic E-state index is 0.505. The van der Waals surface area contributed by atoms with Crippen LogP contribution in [0.2, 0.25) is 0 Å². The molecule has 0 spiro atoms. The first-order valence-corrected chi connectivity index (χ1v) is 6.45. The number of aromatic nitrogens is 4. The second kappa shape index (κ2) is 5.22. The van der Waals surface area contributed by atoms with Gasteiger partial charge in [0.25, 0.3) is 0 Å². The first-order chi connectivity index (χ1) is 7.78. The summed E-state index contributed by atoms with van der Waals surface area (Å²) in [6.07, 6.45) is 3.38. The Morgan fingerprint density at radius 3 is 3.00 bits per heavy atom. The Morgan fingerprint density at radius 2 is 2.31 bits per heavy atom. The van der Waals surface area contributed by atoms with Gasteiger partial charge in [0, 0.05) is 12.5 Å². The molecule has 0 saturated carbocycles. The molecule has 0 aliphatic heterocycles. The molecule has 7 heteroatoms. The molecule has 2 N–H and O–H groups in total. The first-order valence-electron chi connectivity index (χ1n) is 4.86. The van der Waals surface area contributed by atoms with E-state index in [9.17, 15) is 0 Å². The van der Waals surface area contributed by atoms with Crippen molar-refractivity contribution in [1.82, 2.24) is 19.3 Å². The summed E-state index contributed by atoms with van der Waals surface area (Å²) in [5.74, 6) is 1.29. The molecule has 0 atom stereocenters. The molecule has 0 saturated heterocycles. The first kappa shape index (κ1) is 11.3. The summed E-state index contributed by atoms with van der Waals surface area (Å²) in [5, 5.41) is 0.827. The van der Waals surface area contributed by atoms with E-state index in [4.69, 9.17) is 5.73 Å². The molecule has 2 rings (SSSR count). The Morgan fingerprint density at radius 1 is 1.44 bits per heavy atom. The third kappa shape index (κ3) is 2.89. The summed E-state index contributed by atoms with van der Waals surface area (Å²) in [5.41, 5.74) is 5.72. The van der Waals surface area contributed by atoms with Crippen LogP contribution in [0.5, 0.6) is 0 Å². The minimum absolute atomic E-state index is 0.505. The van der Waals surface area contributed by atoms with Crippen LogP contribution in [0.25, 0.3) is 0 Å². The fraction of sp³-hybridized carbons (Fsp3) is 0.333. The van der Waals surface area contributed by atoms with Gasteiger partial charge in [0.1, 0.15) is 23.0 Å². The number of nitrogen functional groups attached to an aromatic ring is 1. The Kier molecular flexibility index (Phi) is 3.68. The molecule has 0 fully saturated rings. The molecule has 0 bridgehead atoms. The maximum Gasteiger partial charge on any atom is 0.175 e. The Hall–Kier alpha value is -1.21. The highest BCUT2D eigenvalue weighted by Gasteiger charge is 2.06. The van der Waals surface area contributed by atoms with Crippen LogP contribution in [0.1, 0.15) is 19.2 Å². The van der Waals surface area contributed by atoms with E-state index in [1.807, 2.05) is 0 Å². The van der Waals surface area contributed by atoms with Crippen LogP contribution in [0.15, 0.2) is 21.8 Å². The van der Waals surface area contributed by atoms with Crippen molar-refractivity contribution >= 4 is 29.1 Å². The van der Waals surface area contributed by atoms with Crippen LogP contribution in [0, 0.1) is 0 Å². The molecular formula is C9H11N5S2. The van der Waals surface area contributed by atoms with Crippen molar-refractivity contribution in [2.75, 3.05) is 5.73 Å². The van der Waals surface area contributed by atoms with Crippen molar-refractivity contribution in [3.8, 4) is 0 Å². The van der Waals surface area contributed by atoms with Crippen molar-refractivity contribution in [3.05, 3.63) is 18.2 Å². The van der Waals surface area contributed by atoms with E-state index < -0.39 is 0 Å². The molecule has 0 amide bonds. The highest BCUT2D eigenvalue weighted by atomic mass is 32.2. The molecule has 16 heavy (non-hydrogen) atoms. The molecule has 2 aromatic rings. The summed E-state index contributed by atoms with van der Waals surface area (Å²) in [4.78, 5) is 12.7. The minimum Gasteiger partial charge on any atom is -0.384 e. The zero-order chi connectivity index (χ0) is 11.4. The van der Waals surface area contributed by atoms with E-state index >= 15 is 0 Å². The lowest BCUT2D eigenvalue weighted by Crippen LogP contribution is -2.00. The van der Waals surface area contributed by atoms with Gasteiger partial charge in [-0.25, -0.2) is 15.0 Å². The molecule has 0 aliphatic rings. The van der Waals surface area contributed by atoms with Gasteiger partial charge in [-0.1, -0.05) is 6.92 Å². The average Bonchev–Trinajstić information content (AvgIpc) is 2.70. The summed E-state index contributed by atoms with van der Waals surface area (Å²) >= 11 is 2.81. The van der Waals surface area contributed by atoms with Crippen LogP contribution in [-0.2, 0) is 6.42 Å². The molecule has 84 valence electrons. The lowest BCUT2D eigenvalue weighted by atomic mass is 10.3. The van der Waals surface area contributed by atoms with Gasteiger partial charge >= 0.3 is 0 Å². The second-order valence-corrected chi connectivity index (χ2v) is 5.15. The molecule has 2 aromatic heterocycles. The van der Waals surface area contributed by atoms with Crippen LogP contribution in [0.3, 0.4) is 0 Å². The highest BCUT2D eigenvalue weighted by molar-refractivity contribution is 8.00. The number of aryl methyl sites for hydroxylation is 1. The molecule has 0 radical (unpaired) electrons. The summed E-state index contributed by atoms with van der Waals surface area (Å²) in [6, 6.07) is 1.76. The maximum atomic E-state index is 5.72. The van der Waals surface area contributed by atoms with Gasteiger partial charge in [0.2, 0.25) is 0 Å². The maximum absolute atomic E-state index is 5.72. The molecule has 5 nitrogen and oxygen atoms in total. The largest absolute Gasteiger partial charge is 0.384 e. The summed E-state index contributed by atoms with van der Waals surface area (Å²) < 4.78 is 4.80. The number of anilines is 1. The quantitative estimate of drug-likeness (QED) is 0.840. The van der Waals surface area contributed by atoms with E-state index in [2.05, 4.69) is 26.2 Å². The summed E-state index contributed by atoms with van der Waals surface area (Å²) in [6.45, 7) is 2.09. The van der Waals surface area contributed by atoms with Crippen LogP contribution in [0.4, 0.5) is 5.82 Å². The van der Waals surface area contributed by atoms with Gasteiger partial charge in [-0.15, -0.1) is 0 Å². The van der Waals surface area contributed by atoms with Crippen LogP contribution >= 0.6 is 23.3 Å². The monoisotopic (exact) mass is 253 g/mol. The van der Waals surface area contributed by atoms with Gasteiger partial charge in [0.05, 0.1) is 0 Å². The Bertz CT molecular complexity index is 457. The molecule has 2 heterocycles. The lowest BCUT2D eigenvalue weighted by Gasteiger charge is -2.02. The zero-order valence-electron chi connectivity index (χ0n) is 8.75. The highest BCUT2D eigenvalue weighted by Crippen LogP contribution is 2.27. The Balaban J connectivity index is 2.20. The van der Waals surface area contributed by atoms with Crippen molar-refractivity contribution in [3.63, 3.8) is 0 Å². The fourth-order valence-electron chi connectivity index (χ4n) is 1.18. The lowest BCUT2D eigenvalue weighted by molar-refractivity contribution is 0.813. The van der Waals surface area contributed by atoms with Crippen LogP contribution < -0.4 is 5.73 Å². The fourth-order valence-corrected chi connectivity index (χ4v) is 2.60. The van der Waals surface area contributed by atoms with E-state index in [1.165, 1.54) is 29.6 Å². The molecule has 0 aliphatic carbocycles.